The lowest BCUT2D eigenvalue weighted by Gasteiger charge is -2.28. The van der Waals surface area contributed by atoms with E-state index in [1.165, 1.54) is 17.0 Å². The van der Waals surface area contributed by atoms with Gasteiger partial charge in [0.25, 0.3) is 5.91 Å². The van der Waals surface area contributed by atoms with E-state index in [1.54, 1.807) is 0 Å². The van der Waals surface area contributed by atoms with Gasteiger partial charge in [0.1, 0.15) is 0 Å². The molecule has 0 aromatic heterocycles. The molecule has 0 unspecified atom stereocenters. The molecular weight excluding hydrogens is 283 g/mol. The third-order valence-electron chi connectivity index (χ3n) is 3.80. The van der Waals surface area contributed by atoms with Gasteiger partial charge in [-0.05, 0) is 31.0 Å². The third-order valence-corrected chi connectivity index (χ3v) is 3.80. The van der Waals surface area contributed by atoms with Gasteiger partial charge in [-0.3, -0.25) is 4.79 Å². The van der Waals surface area contributed by atoms with Crippen LogP contribution in [0.4, 0.5) is 13.2 Å². The van der Waals surface area contributed by atoms with Crippen molar-refractivity contribution in [3.05, 3.63) is 35.4 Å². The Hall–Kier alpha value is -1.56. The van der Waals surface area contributed by atoms with E-state index in [4.69, 9.17) is 5.11 Å². The largest absolute Gasteiger partial charge is 0.416 e. The standard InChI is InChI=1S/C15H18F3NO2/c16-15(17,18)12-5-3-4-11(10-12)14(21)19(8-9-20)13-6-1-2-7-13/h3-5,10,13,20H,1-2,6-9H2. The van der Waals surface area contributed by atoms with E-state index in [2.05, 4.69) is 0 Å². The van der Waals surface area contributed by atoms with Crippen molar-refractivity contribution in [2.75, 3.05) is 13.2 Å². The molecular formula is C15H18F3NO2. The van der Waals surface area contributed by atoms with Gasteiger partial charge < -0.3 is 10.0 Å². The molecule has 1 aliphatic carbocycles. The highest BCUT2D eigenvalue weighted by Gasteiger charge is 2.32. The van der Waals surface area contributed by atoms with Crippen molar-refractivity contribution in [2.24, 2.45) is 0 Å². The lowest BCUT2D eigenvalue weighted by molar-refractivity contribution is -0.137. The minimum absolute atomic E-state index is 0.0131. The maximum absolute atomic E-state index is 12.7. The van der Waals surface area contributed by atoms with Gasteiger partial charge in [0.15, 0.2) is 0 Å². The zero-order chi connectivity index (χ0) is 15.5. The Morgan fingerprint density at radius 1 is 1.29 bits per heavy atom. The zero-order valence-corrected chi connectivity index (χ0v) is 11.6. The van der Waals surface area contributed by atoms with Crippen molar-refractivity contribution >= 4 is 5.91 Å². The number of aliphatic hydroxyl groups excluding tert-OH is 1. The first-order valence-corrected chi connectivity index (χ1v) is 7.02. The summed E-state index contributed by atoms with van der Waals surface area (Å²) in [5, 5.41) is 9.10. The number of halogens is 3. The number of nitrogens with zero attached hydrogens (tertiary/aromatic N) is 1. The number of aliphatic hydroxyl groups is 1. The van der Waals surface area contributed by atoms with Gasteiger partial charge in [-0.1, -0.05) is 18.9 Å². The monoisotopic (exact) mass is 301 g/mol. The molecule has 1 fully saturated rings. The highest BCUT2D eigenvalue weighted by molar-refractivity contribution is 5.94. The van der Waals surface area contributed by atoms with E-state index in [0.29, 0.717) is 0 Å². The topological polar surface area (TPSA) is 40.5 Å². The van der Waals surface area contributed by atoms with Crippen LogP contribution in [-0.2, 0) is 6.18 Å². The Morgan fingerprint density at radius 3 is 2.52 bits per heavy atom. The summed E-state index contributed by atoms with van der Waals surface area (Å²) in [5.41, 5.74) is -0.811. The van der Waals surface area contributed by atoms with E-state index in [1.807, 2.05) is 0 Å². The van der Waals surface area contributed by atoms with Gasteiger partial charge in [0.05, 0.1) is 12.2 Å². The first-order valence-electron chi connectivity index (χ1n) is 7.02. The lowest BCUT2D eigenvalue weighted by atomic mass is 10.1. The van der Waals surface area contributed by atoms with Crippen LogP contribution in [0.3, 0.4) is 0 Å². The summed E-state index contributed by atoms with van der Waals surface area (Å²) in [6.45, 7) is -0.0407. The highest BCUT2D eigenvalue weighted by atomic mass is 19.4. The van der Waals surface area contributed by atoms with Crippen LogP contribution < -0.4 is 0 Å². The molecule has 0 heterocycles. The second-order valence-corrected chi connectivity index (χ2v) is 5.24. The first kappa shape index (κ1) is 15.8. The maximum Gasteiger partial charge on any atom is 0.416 e. The summed E-state index contributed by atoms with van der Waals surface area (Å²) in [5.74, 6) is -0.443. The van der Waals surface area contributed by atoms with Crippen LogP contribution in [0.1, 0.15) is 41.6 Å². The Labute approximate surface area is 121 Å². The predicted octanol–water partition coefficient (Wildman–Crippen LogP) is 3.08. The number of alkyl halides is 3. The minimum Gasteiger partial charge on any atom is -0.395 e. The van der Waals surface area contributed by atoms with Crippen molar-refractivity contribution < 1.29 is 23.1 Å². The molecule has 116 valence electrons. The molecule has 21 heavy (non-hydrogen) atoms. The average Bonchev–Trinajstić information content (AvgIpc) is 2.97. The second kappa shape index (κ2) is 6.47. The van der Waals surface area contributed by atoms with Gasteiger partial charge in [-0.2, -0.15) is 13.2 Å². The minimum atomic E-state index is -4.47. The normalized spacial score (nSPS) is 16.2. The molecule has 2 rings (SSSR count). The molecule has 1 aliphatic rings. The van der Waals surface area contributed by atoms with Crippen molar-refractivity contribution in [3.63, 3.8) is 0 Å². The third kappa shape index (κ3) is 3.75. The average molecular weight is 301 g/mol. The fourth-order valence-corrected chi connectivity index (χ4v) is 2.77. The Kier molecular flexibility index (Phi) is 4.88. The van der Waals surface area contributed by atoms with Crippen LogP contribution in [0.2, 0.25) is 0 Å². The van der Waals surface area contributed by atoms with Crippen molar-refractivity contribution in [1.82, 2.24) is 4.90 Å². The van der Waals surface area contributed by atoms with Crippen LogP contribution in [0.5, 0.6) is 0 Å². The number of rotatable bonds is 4. The summed E-state index contributed by atoms with van der Waals surface area (Å²) in [4.78, 5) is 14.0. The maximum atomic E-state index is 12.7. The molecule has 0 bridgehead atoms. The van der Waals surface area contributed by atoms with Crippen LogP contribution in [-0.4, -0.2) is 35.1 Å². The molecule has 1 saturated carbocycles. The summed E-state index contributed by atoms with van der Waals surface area (Å²) in [7, 11) is 0. The van der Waals surface area contributed by atoms with Gasteiger partial charge in [-0.25, -0.2) is 0 Å². The quantitative estimate of drug-likeness (QED) is 0.928. The lowest BCUT2D eigenvalue weighted by Crippen LogP contribution is -2.40. The second-order valence-electron chi connectivity index (χ2n) is 5.24. The summed E-state index contributed by atoms with van der Waals surface area (Å²) in [6, 6.07) is 4.46. The van der Waals surface area contributed by atoms with Gasteiger partial charge in [0, 0.05) is 18.2 Å². The van der Waals surface area contributed by atoms with E-state index in [9.17, 15) is 18.0 Å². The summed E-state index contributed by atoms with van der Waals surface area (Å²) >= 11 is 0. The summed E-state index contributed by atoms with van der Waals surface area (Å²) in [6.07, 6.45) is -0.786. The molecule has 1 N–H and O–H groups in total. The Balaban J connectivity index is 2.24. The molecule has 1 aromatic carbocycles. The van der Waals surface area contributed by atoms with Crippen LogP contribution in [0, 0.1) is 0 Å². The fraction of sp³-hybridized carbons (Fsp3) is 0.533. The van der Waals surface area contributed by atoms with Crippen LogP contribution in [0.15, 0.2) is 24.3 Å². The number of hydrogen-bond donors (Lipinski definition) is 1. The fourth-order valence-electron chi connectivity index (χ4n) is 2.77. The molecule has 3 nitrogen and oxygen atoms in total. The molecule has 1 amide bonds. The highest BCUT2D eigenvalue weighted by Crippen LogP contribution is 2.30. The molecule has 0 atom stereocenters. The number of amides is 1. The van der Waals surface area contributed by atoms with Gasteiger partial charge in [-0.15, -0.1) is 0 Å². The molecule has 0 radical (unpaired) electrons. The van der Waals surface area contributed by atoms with Gasteiger partial charge in [0.2, 0.25) is 0 Å². The predicted molar refractivity (Wildman–Crippen MR) is 71.8 cm³/mol. The number of carbonyl (C=O) groups excluding carboxylic acids is 1. The number of hydrogen-bond acceptors (Lipinski definition) is 2. The number of benzene rings is 1. The van der Waals surface area contributed by atoms with E-state index < -0.39 is 17.6 Å². The van der Waals surface area contributed by atoms with E-state index in [-0.39, 0.29) is 24.8 Å². The smallest absolute Gasteiger partial charge is 0.395 e. The van der Waals surface area contributed by atoms with Crippen LogP contribution in [0.25, 0.3) is 0 Å². The summed E-state index contributed by atoms with van der Waals surface area (Å²) < 4.78 is 38.1. The van der Waals surface area contributed by atoms with E-state index in [0.717, 1.165) is 37.8 Å². The molecule has 0 saturated heterocycles. The Bertz CT molecular complexity index is 496. The van der Waals surface area contributed by atoms with Crippen LogP contribution >= 0.6 is 0 Å². The molecule has 1 aromatic rings. The van der Waals surface area contributed by atoms with Crippen molar-refractivity contribution in [1.29, 1.82) is 0 Å². The molecule has 0 aliphatic heterocycles. The molecule has 0 spiro atoms. The Morgan fingerprint density at radius 2 is 1.95 bits per heavy atom. The van der Waals surface area contributed by atoms with Crippen molar-refractivity contribution in [2.45, 2.75) is 37.9 Å². The van der Waals surface area contributed by atoms with Gasteiger partial charge >= 0.3 is 6.18 Å². The number of carbonyl (C=O) groups is 1. The SMILES string of the molecule is O=C(c1cccc(C(F)(F)F)c1)N(CCO)C1CCCC1. The first-order chi connectivity index (χ1) is 9.93. The van der Waals surface area contributed by atoms with E-state index >= 15 is 0 Å². The van der Waals surface area contributed by atoms with Crippen molar-refractivity contribution in [3.8, 4) is 0 Å². The zero-order valence-electron chi connectivity index (χ0n) is 11.6. The molecule has 6 heteroatoms.